The first-order valence-corrected chi connectivity index (χ1v) is 7.40. The van der Waals surface area contributed by atoms with Crippen LogP contribution in [0.15, 0.2) is 23.3 Å². The van der Waals surface area contributed by atoms with Crippen LogP contribution in [-0.2, 0) is 4.79 Å². The molecule has 1 rings (SSSR count). The van der Waals surface area contributed by atoms with Crippen LogP contribution in [0.2, 0.25) is 0 Å². The number of aromatic hydroxyl groups is 2. The van der Waals surface area contributed by atoms with Crippen LogP contribution >= 0.6 is 0 Å². The summed E-state index contributed by atoms with van der Waals surface area (Å²) in [5.74, 6) is -0.200. The molecule has 3 N–H and O–H groups in total. The first-order chi connectivity index (χ1) is 10.0. The van der Waals surface area contributed by atoms with Crippen molar-refractivity contribution in [3.8, 4) is 11.5 Å². The summed E-state index contributed by atoms with van der Waals surface area (Å²) in [6.45, 7) is 3.84. The van der Waals surface area contributed by atoms with Gasteiger partial charge in [-0.25, -0.2) is 5.43 Å². The lowest BCUT2D eigenvalue weighted by molar-refractivity contribution is -0.121. The van der Waals surface area contributed by atoms with Crippen molar-refractivity contribution < 1.29 is 15.0 Å². The van der Waals surface area contributed by atoms with E-state index < -0.39 is 0 Å². The SMILES string of the molecule is CCCCCCCC(=O)N/N=C(\C)c1ccc(O)cc1O. The number of rotatable bonds is 8. The molecule has 0 spiro atoms. The van der Waals surface area contributed by atoms with Crippen molar-refractivity contribution in [3.63, 3.8) is 0 Å². The first-order valence-electron chi connectivity index (χ1n) is 7.40. The minimum atomic E-state index is -0.121. The number of carbonyl (C=O) groups excluding carboxylic acids is 1. The fourth-order valence-electron chi connectivity index (χ4n) is 1.98. The van der Waals surface area contributed by atoms with Gasteiger partial charge in [0.25, 0.3) is 0 Å². The molecule has 0 unspecified atom stereocenters. The first kappa shape index (κ1) is 17.0. The molecule has 0 saturated carbocycles. The molecule has 0 aliphatic carbocycles. The summed E-state index contributed by atoms with van der Waals surface area (Å²) in [6, 6.07) is 4.26. The lowest BCUT2D eigenvalue weighted by atomic mass is 10.1. The van der Waals surface area contributed by atoms with E-state index in [2.05, 4.69) is 17.5 Å². The minimum Gasteiger partial charge on any atom is -0.508 e. The highest BCUT2D eigenvalue weighted by Gasteiger charge is 2.06. The van der Waals surface area contributed by atoms with Crippen LogP contribution in [0.25, 0.3) is 0 Å². The Morgan fingerprint density at radius 3 is 2.57 bits per heavy atom. The van der Waals surface area contributed by atoms with Crippen LogP contribution in [0, 0.1) is 0 Å². The Kier molecular flexibility index (Phi) is 7.29. The molecule has 21 heavy (non-hydrogen) atoms. The zero-order chi connectivity index (χ0) is 15.7. The molecule has 0 fully saturated rings. The van der Waals surface area contributed by atoms with Crippen LogP contribution in [0.4, 0.5) is 0 Å². The molecule has 5 heteroatoms. The number of phenols is 2. The Bertz CT molecular complexity index is 498. The predicted molar refractivity (Wildman–Crippen MR) is 83.5 cm³/mol. The minimum absolute atomic E-state index is 0.0137. The van der Waals surface area contributed by atoms with Gasteiger partial charge in [0.1, 0.15) is 11.5 Å². The molecule has 116 valence electrons. The molecule has 5 nitrogen and oxygen atoms in total. The highest BCUT2D eigenvalue weighted by Crippen LogP contribution is 2.22. The van der Waals surface area contributed by atoms with Gasteiger partial charge < -0.3 is 10.2 Å². The number of hydrogen-bond acceptors (Lipinski definition) is 4. The number of nitrogens with one attached hydrogen (secondary N) is 1. The van der Waals surface area contributed by atoms with Crippen LogP contribution in [0.3, 0.4) is 0 Å². The van der Waals surface area contributed by atoms with Crippen molar-refractivity contribution in [2.24, 2.45) is 5.10 Å². The maximum Gasteiger partial charge on any atom is 0.240 e. The van der Waals surface area contributed by atoms with Crippen molar-refractivity contribution in [1.82, 2.24) is 5.43 Å². The molecule has 0 aliphatic heterocycles. The molecule has 0 bridgehead atoms. The smallest absolute Gasteiger partial charge is 0.240 e. The zero-order valence-electron chi connectivity index (χ0n) is 12.7. The monoisotopic (exact) mass is 292 g/mol. The Balaban J connectivity index is 2.42. The molecule has 1 amide bonds. The van der Waals surface area contributed by atoms with Crippen molar-refractivity contribution in [2.45, 2.75) is 52.4 Å². The topological polar surface area (TPSA) is 81.9 Å². The number of unbranched alkanes of at least 4 members (excludes halogenated alkanes) is 4. The second-order valence-electron chi connectivity index (χ2n) is 5.10. The van der Waals surface area contributed by atoms with Crippen molar-refractivity contribution in [1.29, 1.82) is 0 Å². The highest BCUT2D eigenvalue weighted by atomic mass is 16.3. The molecule has 1 aromatic rings. The summed E-state index contributed by atoms with van der Waals surface area (Å²) in [5.41, 5.74) is 3.46. The van der Waals surface area contributed by atoms with Gasteiger partial charge in [-0.3, -0.25) is 4.79 Å². The van der Waals surface area contributed by atoms with Gasteiger partial charge in [-0.15, -0.1) is 0 Å². The molecular weight excluding hydrogens is 268 g/mol. The molecule has 1 aromatic carbocycles. The molecule has 0 aliphatic rings. The van der Waals surface area contributed by atoms with Gasteiger partial charge in [0.05, 0.1) is 5.71 Å². The number of nitrogens with zero attached hydrogens (tertiary/aromatic N) is 1. The predicted octanol–water partition coefficient (Wildman–Crippen LogP) is 3.30. The number of hydrazone groups is 1. The Labute approximate surface area is 125 Å². The molecule has 0 saturated heterocycles. The lowest BCUT2D eigenvalue weighted by Gasteiger charge is -2.05. The normalized spacial score (nSPS) is 11.4. The molecule has 0 heterocycles. The van der Waals surface area contributed by atoms with Crippen LogP contribution in [0.1, 0.15) is 57.9 Å². The van der Waals surface area contributed by atoms with Crippen molar-refractivity contribution in [2.75, 3.05) is 0 Å². The van der Waals surface area contributed by atoms with Gasteiger partial charge in [0.15, 0.2) is 0 Å². The van der Waals surface area contributed by atoms with E-state index in [0.29, 0.717) is 17.7 Å². The third-order valence-corrected chi connectivity index (χ3v) is 3.23. The quantitative estimate of drug-likeness (QED) is 0.390. The lowest BCUT2D eigenvalue weighted by Crippen LogP contribution is -2.18. The van der Waals surface area contributed by atoms with E-state index in [-0.39, 0.29) is 17.4 Å². The summed E-state index contributed by atoms with van der Waals surface area (Å²) < 4.78 is 0. The number of benzene rings is 1. The van der Waals surface area contributed by atoms with E-state index in [9.17, 15) is 15.0 Å². The fraction of sp³-hybridized carbons (Fsp3) is 0.500. The van der Waals surface area contributed by atoms with Gasteiger partial charge in [-0.1, -0.05) is 32.6 Å². The summed E-state index contributed by atoms with van der Waals surface area (Å²) >= 11 is 0. The average molecular weight is 292 g/mol. The van der Waals surface area contributed by atoms with E-state index in [1.54, 1.807) is 13.0 Å². The number of amides is 1. The second kappa shape index (κ2) is 9.00. The summed E-state index contributed by atoms with van der Waals surface area (Å²) in [7, 11) is 0. The van der Waals surface area contributed by atoms with Crippen molar-refractivity contribution >= 4 is 11.6 Å². The molecule has 0 aromatic heterocycles. The maximum atomic E-state index is 11.6. The zero-order valence-corrected chi connectivity index (χ0v) is 12.7. The number of phenolic OH excluding ortho intramolecular Hbond substituents is 2. The Morgan fingerprint density at radius 2 is 1.90 bits per heavy atom. The molecular formula is C16H24N2O3. The van der Waals surface area contributed by atoms with Crippen LogP contribution in [0.5, 0.6) is 11.5 Å². The number of hydrogen-bond donors (Lipinski definition) is 3. The molecule has 0 atom stereocenters. The third kappa shape index (κ3) is 6.29. The fourth-order valence-corrected chi connectivity index (χ4v) is 1.98. The van der Waals surface area contributed by atoms with Gasteiger partial charge in [0.2, 0.25) is 5.91 Å². The third-order valence-electron chi connectivity index (χ3n) is 3.23. The van der Waals surface area contributed by atoms with Gasteiger partial charge in [-0.2, -0.15) is 5.10 Å². The molecule has 0 radical (unpaired) electrons. The largest absolute Gasteiger partial charge is 0.508 e. The number of carbonyl (C=O) groups is 1. The van der Waals surface area contributed by atoms with Crippen LogP contribution in [-0.4, -0.2) is 21.8 Å². The standard InChI is InChI=1S/C16H24N2O3/c1-3-4-5-6-7-8-16(21)18-17-12(2)14-10-9-13(19)11-15(14)20/h9-11,19-20H,3-8H2,1-2H3,(H,18,21)/b17-12+. The van der Waals surface area contributed by atoms with Crippen LogP contribution < -0.4 is 5.43 Å². The van der Waals surface area contributed by atoms with Gasteiger partial charge in [0, 0.05) is 18.1 Å². The summed E-state index contributed by atoms with van der Waals surface area (Å²) in [5, 5.41) is 22.9. The van der Waals surface area contributed by atoms with E-state index >= 15 is 0 Å². The average Bonchev–Trinajstić information content (AvgIpc) is 2.44. The van der Waals surface area contributed by atoms with Gasteiger partial charge >= 0.3 is 0 Å². The maximum absolute atomic E-state index is 11.6. The van der Waals surface area contributed by atoms with Crippen molar-refractivity contribution in [3.05, 3.63) is 23.8 Å². The summed E-state index contributed by atoms with van der Waals surface area (Å²) in [6.07, 6.45) is 5.94. The van der Waals surface area contributed by atoms with E-state index in [1.165, 1.54) is 25.0 Å². The van der Waals surface area contributed by atoms with E-state index in [1.807, 2.05) is 0 Å². The Morgan fingerprint density at radius 1 is 1.19 bits per heavy atom. The summed E-state index contributed by atoms with van der Waals surface area (Å²) in [4.78, 5) is 11.6. The highest BCUT2D eigenvalue weighted by molar-refractivity contribution is 6.01. The Hall–Kier alpha value is -2.04. The van der Waals surface area contributed by atoms with E-state index in [0.717, 1.165) is 19.3 Å². The van der Waals surface area contributed by atoms with E-state index in [4.69, 9.17) is 0 Å². The van der Waals surface area contributed by atoms with Gasteiger partial charge in [-0.05, 0) is 25.5 Å². The second-order valence-corrected chi connectivity index (χ2v) is 5.10.